The van der Waals surface area contributed by atoms with Crippen LogP contribution >= 0.6 is 0 Å². The zero-order valence-corrected chi connectivity index (χ0v) is 19.7. The Hall–Kier alpha value is -3.05. The second-order valence-corrected chi connectivity index (χ2v) is 10.2. The third-order valence-electron chi connectivity index (χ3n) is 4.24. The van der Waals surface area contributed by atoms with E-state index < -0.39 is 76.9 Å². The van der Waals surface area contributed by atoms with Crippen molar-refractivity contribution >= 4 is 44.6 Å². The van der Waals surface area contributed by atoms with Gasteiger partial charge in [-0.2, -0.15) is 17.2 Å². The molecular weight excluding hydrogens is 510 g/mol. The van der Waals surface area contributed by atoms with E-state index in [4.69, 9.17) is 5.41 Å². The van der Waals surface area contributed by atoms with Crippen molar-refractivity contribution in [2.24, 2.45) is 5.41 Å². The summed E-state index contributed by atoms with van der Waals surface area (Å²) in [5.74, 6) is -4.83. The number of esters is 2. The summed E-state index contributed by atoms with van der Waals surface area (Å²) in [6, 6.07) is 2.00. The molecule has 0 saturated carbocycles. The molecule has 0 aliphatic rings. The molecule has 0 spiro atoms. The number of nitrogens with one attached hydrogen (secondary N) is 1. The van der Waals surface area contributed by atoms with Crippen molar-refractivity contribution in [3.8, 4) is 5.75 Å². The average molecular weight is 531 g/mol. The van der Waals surface area contributed by atoms with Crippen LogP contribution in [0.2, 0.25) is 0 Å². The van der Waals surface area contributed by atoms with E-state index in [9.17, 15) is 49.9 Å². The van der Waals surface area contributed by atoms with E-state index >= 15 is 0 Å². The topological polar surface area (TPSA) is 211 Å². The van der Waals surface area contributed by atoms with Gasteiger partial charge in [0.2, 0.25) is 5.75 Å². The number of halogens is 2. The Morgan fingerprint density at radius 3 is 2.15 bits per heavy atom. The smallest absolute Gasteiger partial charge is 0.346 e. The molecule has 0 atom stereocenters. The number of nitrogens with zero attached hydrogens (tertiary/aromatic N) is 1. The van der Waals surface area contributed by atoms with Crippen LogP contribution in [0.15, 0.2) is 18.2 Å². The first-order valence-electron chi connectivity index (χ1n) is 8.99. The van der Waals surface area contributed by atoms with Gasteiger partial charge in [0.15, 0.2) is 10.1 Å². The van der Waals surface area contributed by atoms with Gasteiger partial charge in [0, 0.05) is 12.5 Å². The summed E-state index contributed by atoms with van der Waals surface area (Å²) in [4.78, 5) is 34.1. The van der Waals surface area contributed by atoms with Crippen molar-refractivity contribution in [2.75, 3.05) is 5.75 Å². The van der Waals surface area contributed by atoms with Gasteiger partial charge in [0.25, 0.3) is 0 Å². The van der Waals surface area contributed by atoms with Crippen LogP contribution in [0.5, 0.6) is 5.75 Å². The fourth-order valence-corrected chi connectivity index (χ4v) is 3.32. The maximum atomic E-state index is 13.2. The van der Waals surface area contributed by atoms with Crippen molar-refractivity contribution < 1.29 is 53.6 Å². The molecule has 192 valence electrons. The lowest BCUT2D eigenvalue weighted by Crippen LogP contribution is -2.31. The SMILES string of the molecule is C=N.CCC(C)(C)C(=O)OC(=O)c1ccc(OS(=O)(=O)CCC(F)(F)S(=O)(=O)[O-])c([N+](=O)[O-])c1. The first kappa shape index (κ1) is 30.9. The highest BCUT2D eigenvalue weighted by molar-refractivity contribution is 7.87. The molecule has 0 aliphatic heterocycles. The maximum absolute atomic E-state index is 13.2. The van der Waals surface area contributed by atoms with Gasteiger partial charge >= 0.3 is 33.0 Å². The molecule has 0 saturated heterocycles. The Balaban J connectivity index is 0.00000529. The molecule has 1 rings (SSSR count). The molecular formula is C17H21F2N2O11S2-. The van der Waals surface area contributed by atoms with Crippen molar-refractivity contribution in [3.63, 3.8) is 0 Å². The van der Waals surface area contributed by atoms with Gasteiger partial charge in [-0.1, -0.05) is 6.92 Å². The minimum absolute atomic E-state index is 0.316. The maximum Gasteiger partial charge on any atom is 0.346 e. The quantitative estimate of drug-likeness (QED) is 0.0879. The Morgan fingerprint density at radius 2 is 1.71 bits per heavy atom. The molecule has 0 amide bonds. The largest absolute Gasteiger partial charge is 0.743 e. The van der Waals surface area contributed by atoms with E-state index in [1.165, 1.54) is 13.8 Å². The normalized spacial score (nSPS) is 12.2. The minimum atomic E-state index is -6.15. The highest BCUT2D eigenvalue weighted by atomic mass is 32.2. The van der Waals surface area contributed by atoms with Gasteiger partial charge in [-0.15, -0.1) is 0 Å². The number of rotatable bonds is 10. The molecule has 13 nitrogen and oxygen atoms in total. The van der Waals surface area contributed by atoms with E-state index in [0.717, 1.165) is 6.07 Å². The van der Waals surface area contributed by atoms with Crippen LogP contribution in [0, 0.1) is 20.9 Å². The molecule has 0 fully saturated rings. The summed E-state index contributed by atoms with van der Waals surface area (Å²) in [6.07, 6.45) is -1.63. The van der Waals surface area contributed by atoms with Crippen molar-refractivity contribution in [2.45, 2.75) is 38.9 Å². The number of ether oxygens (including phenoxy) is 1. The third-order valence-corrected chi connectivity index (χ3v) is 6.31. The van der Waals surface area contributed by atoms with Crippen LogP contribution < -0.4 is 4.18 Å². The molecule has 0 unspecified atom stereocenters. The van der Waals surface area contributed by atoms with Gasteiger partial charge < -0.3 is 18.9 Å². The fourth-order valence-electron chi connectivity index (χ4n) is 1.83. The molecule has 1 aromatic carbocycles. The summed E-state index contributed by atoms with van der Waals surface area (Å²) in [7, 11) is -11.2. The van der Waals surface area contributed by atoms with Crippen LogP contribution in [0.1, 0.15) is 44.0 Å². The summed E-state index contributed by atoms with van der Waals surface area (Å²) in [5, 5.41) is 11.8. The summed E-state index contributed by atoms with van der Waals surface area (Å²) < 4.78 is 90.3. The number of hydrogen-bond acceptors (Lipinski definition) is 12. The number of alkyl halides is 2. The van der Waals surface area contributed by atoms with Crippen molar-refractivity contribution in [1.82, 2.24) is 0 Å². The first-order valence-corrected chi connectivity index (χ1v) is 12.0. The van der Waals surface area contributed by atoms with Gasteiger partial charge in [0.05, 0.1) is 21.7 Å². The van der Waals surface area contributed by atoms with Crippen LogP contribution in [-0.4, -0.2) is 56.0 Å². The van der Waals surface area contributed by atoms with Crippen molar-refractivity contribution in [3.05, 3.63) is 33.9 Å². The third kappa shape index (κ3) is 8.38. The Morgan fingerprint density at radius 1 is 1.18 bits per heavy atom. The van der Waals surface area contributed by atoms with Gasteiger partial charge in [-0.3, -0.25) is 14.9 Å². The molecule has 17 heteroatoms. The van der Waals surface area contributed by atoms with E-state index in [2.05, 4.69) is 15.6 Å². The molecule has 0 heterocycles. The van der Waals surface area contributed by atoms with E-state index in [1.54, 1.807) is 6.92 Å². The number of nitro groups is 1. The van der Waals surface area contributed by atoms with E-state index in [-0.39, 0.29) is 0 Å². The second-order valence-electron chi connectivity index (χ2n) is 7.04. The summed E-state index contributed by atoms with van der Waals surface area (Å²) in [6.45, 7) is 7.15. The zero-order valence-electron chi connectivity index (χ0n) is 18.1. The Bertz CT molecular complexity index is 1150. The molecule has 0 radical (unpaired) electrons. The zero-order chi connectivity index (χ0) is 27.1. The monoisotopic (exact) mass is 531 g/mol. The Labute approximate surface area is 193 Å². The number of benzene rings is 1. The van der Waals surface area contributed by atoms with Crippen LogP contribution in [-0.2, 0) is 29.8 Å². The van der Waals surface area contributed by atoms with Crippen LogP contribution in [0.25, 0.3) is 0 Å². The highest BCUT2D eigenvalue weighted by Crippen LogP contribution is 2.31. The number of nitro benzene ring substituents is 1. The molecule has 0 aliphatic carbocycles. The van der Waals surface area contributed by atoms with E-state index in [1.807, 2.05) is 0 Å². The second kappa shape index (κ2) is 11.4. The minimum Gasteiger partial charge on any atom is -0.743 e. The predicted molar refractivity (Wildman–Crippen MR) is 111 cm³/mol. The molecule has 1 aromatic rings. The number of hydrogen-bond donors (Lipinski definition) is 1. The van der Waals surface area contributed by atoms with Crippen LogP contribution in [0.3, 0.4) is 0 Å². The standard InChI is InChI=1S/C16H19F2NO11S2.CH3N/c1-4-15(2,3)14(21)29-13(20)10-5-6-12(11(9-10)19(22)23)30-31(24,25)8-7-16(17,18)32(26,27)28;1-2/h5-6,9H,4,7-8H2,1-3H3,(H,26,27,28);2H,1H2/p-1. The molecule has 1 N–H and O–H groups in total. The predicted octanol–water partition coefficient (Wildman–Crippen LogP) is 2.22. The van der Waals surface area contributed by atoms with Crippen LogP contribution in [0.4, 0.5) is 14.5 Å². The number of carbonyl (C=O) groups is 2. The lowest BCUT2D eigenvalue weighted by Gasteiger charge is -2.19. The first-order chi connectivity index (χ1) is 15.3. The molecule has 0 bridgehead atoms. The highest BCUT2D eigenvalue weighted by Gasteiger charge is 2.39. The average Bonchev–Trinajstić information content (AvgIpc) is 2.72. The number of carbonyl (C=O) groups excluding carboxylic acids is 2. The summed E-state index contributed by atoms with van der Waals surface area (Å²) in [5.41, 5.74) is -2.63. The van der Waals surface area contributed by atoms with Crippen molar-refractivity contribution in [1.29, 1.82) is 5.41 Å². The molecule has 34 heavy (non-hydrogen) atoms. The lowest BCUT2D eigenvalue weighted by atomic mass is 9.91. The fraction of sp³-hybridized carbons (Fsp3) is 0.471. The van der Waals surface area contributed by atoms with Gasteiger partial charge in [-0.05, 0) is 39.1 Å². The lowest BCUT2D eigenvalue weighted by molar-refractivity contribution is -0.385. The molecule has 0 aromatic heterocycles. The van der Waals surface area contributed by atoms with Gasteiger partial charge in [-0.25, -0.2) is 13.2 Å². The Kier molecular flexibility index (Phi) is 10.4. The van der Waals surface area contributed by atoms with Gasteiger partial charge in [0.1, 0.15) is 0 Å². The summed E-state index contributed by atoms with van der Waals surface area (Å²) >= 11 is 0. The van der Waals surface area contributed by atoms with E-state index in [0.29, 0.717) is 18.6 Å².